The fraction of sp³-hybridized carbons (Fsp3) is 0. The summed E-state index contributed by atoms with van der Waals surface area (Å²) in [4.78, 5) is 12.3. The average molecular weight is 336 g/mol. The van der Waals surface area contributed by atoms with Gasteiger partial charge in [-0.1, -0.05) is 60.7 Å². The first-order valence-corrected chi connectivity index (χ1v) is 8.53. The molecule has 3 aromatic rings. The average Bonchev–Trinajstić information content (AvgIpc) is 2.63. The Bertz CT molecular complexity index is 865. The molecule has 0 bridgehead atoms. The molecule has 0 fully saturated rings. The Morgan fingerprint density at radius 1 is 0.708 bits per heavy atom. The monoisotopic (exact) mass is 336 g/mol. The quantitative estimate of drug-likeness (QED) is 0.616. The summed E-state index contributed by atoms with van der Waals surface area (Å²) < 4.78 is 16.9. The zero-order valence-electron chi connectivity index (χ0n) is 12.6. The first-order chi connectivity index (χ1) is 11.8. The molecule has 24 heavy (non-hydrogen) atoms. The predicted octanol–water partition coefficient (Wildman–Crippen LogP) is 5.21. The van der Waals surface area contributed by atoms with Gasteiger partial charge in [-0.15, -0.1) is 0 Å². The molecule has 1 unspecified atom stereocenters. The van der Waals surface area contributed by atoms with E-state index in [9.17, 15) is 4.79 Å². The second-order valence-electron chi connectivity index (χ2n) is 5.15. The number of para-hydroxylation sites is 2. The second kappa shape index (κ2) is 6.34. The van der Waals surface area contributed by atoms with Crippen LogP contribution in [-0.4, -0.2) is 5.97 Å². The van der Waals surface area contributed by atoms with E-state index in [-0.39, 0.29) is 0 Å². The van der Waals surface area contributed by atoms with Crippen molar-refractivity contribution >= 4 is 14.6 Å². The van der Waals surface area contributed by atoms with Gasteiger partial charge in [0, 0.05) is 5.56 Å². The van der Waals surface area contributed by atoms with E-state index in [1.165, 1.54) is 0 Å². The topological polar surface area (TPSA) is 44.8 Å². The van der Waals surface area contributed by atoms with Gasteiger partial charge >= 0.3 is 14.6 Å². The molecule has 5 heteroatoms. The van der Waals surface area contributed by atoms with Gasteiger partial charge in [0.05, 0.1) is 0 Å². The Hall–Kier alpha value is -2.84. The minimum Gasteiger partial charge on any atom is -0.408 e. The molecule has 4 nitrogen and oxygen atoms in total. The highest BCUT2D eigenvalue weighted by Gasteiger charge is 2.34. The second-order valence-corrected chi connectivity index (χ2v) is 6.14. The molecule has 4 rings (SSSR count). The Balaban J connectivity index is 1.69. The highest BCUT2D eigenvalue weighted by Crippen LogP contribution is 2.50. The number of fused-ring (bicyclic) bond motifs is 1. The highest BCUT2D eigenvalue weighted by atomic mass is 31.2. The molecule has 1 heterocycles. The molecule has 0 aliphatic carbocycles. The molecule has 0 saturated heterocycles. The van der Waals surface area contributed by atoms with Crippen LogP contribution in [0.15, 0.2) is 78.9 Å². The third kappa shape index (κ3) is 2.84. The maximum Gasteiger partial charge on any atom is 0.532 e. The molecule has 118 valence electrons. The van der Waals surface area contributed by atoms with Gasteiger partial charge in [-0.25, -0.2) is 4.79 Å². The van der Waals surface area contributed by atoms with Crippen LogP contribution in [0.2, 0.25) is 0 Å². The number of carbonyl (C=O) groups is 1. The van der Waals surface area contributed by atoms with E-state index >= 15 is 0 Å². The summed E-state index contributed by atoms with van der Waals surface area (Å²) in [6, 6.07) is 24.4. The van der Waals surface area contributed by atoms with Crippen molar-refractivity contribution in [1.82, 2.24) is 0 Å². The van der Waals surface area contributed by atoms with Gasteiger partial charge in [-0.2, -0.15) is 0 Å². The SMILES string of the molecule is O=C1OP(Oc2ccccc2)Oc2c1cccc2-c1ccccc1. The van der Waals surface area contributed by atoms with Gasteiger partial charge in [0.25, 0.3) is 0 Å². The summed E-state index contributed by atoms with van der Waals surface area (Å²) in [6.45, 7) is 0. The summed E-state index contributed by atoms with van der Waals surface area (Å²) in [5, 5.41) is 0. The Morgan fingerprint density at radius 2 is 1.38 bits per heavy atom. The van der Waals surface area contributed by atoms with E-state index in [1.807, 2.05) is 60.7 Å². The normalized spacial score (nSPS) is 15.8. The van der Waals surface area contributed by atoms with Crippen molar-refractivity contribution in [3.05, 3.63) is 84.4 Å². The van der Waals surface area contributed by atoms with Gasteiger partial charge in [0.2, 0.25) is 0 Å². The maximum absolute atomic E-state index is 12.3. The minimum atomic E-state index is -1.83. The van der Waals surface area contributed by atoms with E-state index in [0.717, 1.165) is 11.1 Å². The van der Waals surface area contributed by atoms with Crippen molar-refractivity contribution in [2.45, 2.75) is 0 Å². The fourth-order valence-corrected chi connectivity index (χ4v) is 3.44. The van der Waals surface area contributed by atoms with Crippen molar-refractivity contribution in [2.75, 3.05) is 0 Å². The lowest BCUT2D eigenvalue weighted by atomic mass is 10.0. The summed E-state index contributed by atoms with van der Waals surface area (Å²) in [5.41, 5.74) is 2.22. The van der Waals surface area contributed by atoms with E-state index < -0.39 is 14.6 Å². The summed E-state index contributed by atoms with van der Waals surface area (Å²) in [5.74, 6) is 0.662. The van der Waals surface area contributed by atoms with E-state index in [1.54, 1.807) is 18.2 Å². The van der Waals surface area contributed by atoms with E-state index in [0.29, 0.717) is 17.1 Å². The number of hydrogen-bond acceptors (Lipinski definition) is 4. The molecular formula is C19H13O4P. The van der Waals surface area contributed by atoms with Crippen molar-refractivity contribution in [1.29, 1.82) is 0 Å². The lowest BCUT2D eigenvalue weighted by Crippen LogP contribution is -2.15. The van der Waals surface area contributed by atoms with Crippen LogP contribution in [0, 0.1) is 0 Å². The van der Waals surface area contributed by atoms with E-state index in [4.69, 9.17) is 13.6 Å². The molecule has 1 aliphatic rings. The number of rotatable bonds is 3. The van der Waals surface area contributed by atoms with Crippen LogP contribution in [0.4, 0.5) is 0 Å². The lowest BCUT2D eigenvalue weighted by Gasteiger charge is -2.24. The summed E-state index contributed by atoms with van der Waals surface area (Å²) >= 11 is 0. The summed E-state index contributed by atoms with van der Waals surface area (Å²) in [6.07, 6.45) is 0. The molecule has 0 spiro atoms. The molecule has 3 aromatic carbocycles. The van der Waals surface area contributed by atoms with Crippen LogP contribution in [-0.2, 0) is 4.52 Å². The molecule has 0 radical (unpaired) electrons. The van der Waals surface area contributed by atoms with Crippen LogP contribution in [0.1, 0.15) is 10.4 Å². The fourth-order valence-electron chi connectivity index (χ4n) is 2.46. The van der Waals surface area contributed by atoms with Gasteiger partial charge < -0.3 is 13.6 Å². The molecule has 0 saturated carbocycles. The van der Waals surface area contributed by atoms with Crippen molar-refractivity contribution < 1.29 is 18.4 Å². The minimum absolute atomic E-state index is 0.409. The molecule has 0 N–H and O–H groups in total. The van der Waals surface area contributed by atoms with Gasteiger partial charge in [0.1, 0.15) is 11.3 Å². The first kappa shape index (κ1) is 14.7. The molecule has 1 atom stereocenters. The number of benzene rings is 3. The summed E-state index contributed by atoms with van der Waals surface area (Å²) in [7, 11) is -1.83. The number of carbonyl (C=O) groups excluding carboxylic acids is 1. The highest BCUT2D eigenvalue weighted by molar-refractivity contribution is 7.43. The Labute approximate surface area is 140 Å². The molecular weight excluding hydrogens is 323 g/mol. The van der Waals surface area contributed by atoms with Crippen molar-refractivity contribution in [3.8, 4) is 22.6 Å². The van der Waals surface area contributed by atoms with Crippen LogP contribution < -0.4 is 9.05 Å². The third-order valence-corrected chi connectivity index (χ3v) is 4.57. The lowest BCUT2D eigenvalue weighted by molar-refractivity contribution is 0.0698. The third-order valence-electron chi connectivity index (χ3n) is 3.57. The smallest absolute Gasteiger partial charge is 0.408 e. The predicted molar refractivity (Wildman–Crippen MR) is 91.9 cm³/mol. The van der Waals surface area contributed by atoms with Gasteiger partial charge in [-0.05, 0) is 23.8 Å². The van der Waals surface area contributed by atoms with Crippen LogP contribution in [0.5, 0.6) is 11.5 Å². The van der Waals surface area contributed by atoms with Crippen LogP contribution in [0.25, 0.3) is 11.1 Å². The number of hydrogen-bond donors (Lipinski definition) is 0. The standard InChI is InChI=1S/C19H13O4P/c20-19-17-13-7-12-16(14-8-3-1-4-9-14)18(17)22-24(23-19)21-15-10-5-2-6-11-15/h1-13H. The van der Waals surface area contributed by atoms with Crippen LogP contribution >= 0.6 is 8.60 Å². The molecule has 0 aromatic heterocycles. The van der Waals surface area contributed by atoms with E-state index in [2.05, 4.69) is 0 Å². The van der Waals surface area contributed by atoms with Crippen LogP contribution in [0.3, 0.4) is 0 Å². The van der Waals surface area contributed by atoms with Crippen molar-refractivity contribution in [2.24, 2.45) is 0 Å². The zero-order chi connectivity index (χ0) is 16.4. The van der Waals surface area contributed by atoms with Gasteiger partial charge in [0.15, 0.2) is 5.75 Å². The molecule has 1 aliphatic heterocycles. The first-order valence-electron chi connectivity index (χ1n) is 7.43. The van der Waals surface area contributed by atoms with Crippen molar-refractivity contribution in [3.63, 3.8) is 0 Å². The maximum atomic E-state index is 12.3. The Kier molecular flexibility index (Phi) is 3.89. The zero-order valence-corrected chi connectivity index (χ0v) is 13.5. The Morgan fingerprint density at radius 3 is 2.12 bits per heavy atom. The largest absolute Gasteiger partial charge is 0.532 e. The van der Waals surface area contributed by atoms with Gasteiger partial charge in [-0.3, -0.25) is 0 Å². The molecule has 0 amide bonds.